The zero-order chi connectivity index (χ0) is 24.3. The maximum Gasteiger partial charge on any atom is 0.465 e. The lowest BCUT2D eigenvalue weighted by Gasteiger charge is -2.18. The van der Waals surface area contributed by atoms with Crippen molar-refractivity contribution in [1.82, 2.24) is 0 Å². The lowest BCUT2D eigenvalue weighted by atomic mass is 10.2. The van der Waals surface area contributed by atoms with Gasteiger partial charge in [0, 0.05) is 0 Å². The summed E-state index contributed by atoms with van der Waals surface area (Å²) in [4.78, 5) is 33.6. The molecule has 1 aromatic rings. The summed E-state index contributed by atoms with van der Waals surface area (Å²) < 4.78 is 135. The Hall–Kier alpha value is -3.07. The Morgan fingerprint density at radius 1 is 0.677 bits per heavy atom. The highest BCUT2D eigenvalue weighted by atomic mass is 19.4. The molecule has 0 aliphatic heterocycles. The predicted molar refractivity (Wildman–Crippen MR) is 75.3 cm³/mol. The molecular formula is C15H8F10O6. The van der Waals surface area contributed by atoms with E-state index in [0.29, 0.717) is 6.07 Å². The second-order valence-electron chi connectivity index (χ2n) is 5.30. The largest absolute Gasteiger partial charge is 0.465 e. The van der Waals surface area contributed by atoms with Crippen LogP contribution >= 0.6 is 0 Å². The molecule has 0 heterocycles. The van der Waals surface area contributed by atoms with Crippen LogP contribution < -0.4 is 4.74 Å². The van der Waals surface area contributed by atoms with Crippen molar-refractivity contribution in [3.63, 3.8) is 0 Å². The molecule has 0 aliphatic rings. The van der Waals surface area contributed by atoms with E-state index < -0.39 is 66.6 Å². The highest BCUT2D eigenvalue weighted by molar-refractivity contribution is 5.94. The summed E-state index contributed by atoms with van der Waals surface area (Å²) in [6.45, 7) is -2.43. The quantitative estimate of drug-likeness (QED) is 0.260. The van der Waals surface area contributed by atoms with Gasteiger partial charge in [-0.15, -0.1) is 0 Å². The molecule has 1 rings (SSSR count). The number of alkyl halides is 10. The molecule has 174 valence electrons. The molecule has 0 atom stereocenters. The van der Waals surface area contributed by atoms with Crippen molar-refractivity contribution >= 4 is 17.9 Å². The number of ether oxygens (including phenoxy) is 3. The third-order valence-corrected chi connectivity index (χ3v) is 3.08. The molecule has 0 radical (unpaired) electrons. The van der Waals surface area contributed by atoms with Crippen molar-refractivity contribution in [1.29, 1.82) is 0 Å². The molecule has 0 unspecified atom stereocenters. The van der Waals surface area contributed by atoms with Crippen LogP contribution in [0.15, 0.2) is 24.3 Å². The van der Waals surface area contributed by atoms with Gasteiger partial charge in [-0.25, -0.2) is 14.4 Å². The number of rotatable bonds is 7. The summed E-state index contributed by atoms with van der Waals surface area (Å²) in [7, 11) is 0. The van der Waals surface area contributed by atoms with Gasteiger partial charge >= 0.3 is 42.1 Å². The van der Waals surface area contributed by atoms with Crippen LogP contribution in [0.3, 0.4) is 0 Å². The number of hydrogen-bond donors (Lipinski definition) is 0. The van der Waals surface area contributed by atoms with Gasteiger partial charge in [0.15, 0.2) is 0 Å². The molecule has 16 heteroatoms. The summed E-state index contributed by atoms with van der Waals surface area (Å²) in [6, 6.07) is 3.36. The Morgan fingerprint density at radius 2 is 1.13 bits per heavy atom. The van der Waals surface area contributed by atoms with Crippen LogP contribution in [0.5, 0.6) is 5.75 Å². The van der Waals surface area contributed by atoms with E-state index in [9.17, 15) is 58.3 Å². The van der Waals surface area contributed by atoms with Gasteiger partial charge in [0.25, 0.3) is 0 Å². The molecule has 0 fully saturated rings. The Balaban J connectivity index is 2.76. The van der Waals surface area contributed by atoms with Crippen LogP contribution in [0.25, 0.3) is 0 Å². The molecule has 0 spiro atoms. The normalized spacial score (nSPS) is 12.8. The maximum absolute atomic E-state index is 12.9. The minimum Gasteiger partial charge on any atom is -0.458 e. The first-order chi connectivity index (χ1) is 13.9. The molecule has 0 amide bonds. The summed E-state index contributed by atoms with van der Waals surface area (Å²) in [5.41, 5.74) is -0.888. The number of esters is 3. The fourth-order valence-corrected chi connectivity index (χ4v) is 1.56. The Morgan fingerprint density at radius 3 is 1.65 bits per heavy atom. The van der Waals surface area contributed by atoms with Crippen molar-refractivity contribution < 1.29 is 72.5 Å². The van der Waals surface area contributed by atoms with E-state index in [0.717, 1.165) is 18.2 Å². The van der Waals surface area contributed by atoms with E-state index in [4.69, 9.17) is 0 Å². The third kappa shape index (κ3) is 5.97. The van der Waals surface area contributed by atoms with E-state index in [1.807, 2.05) is 0 Å². The summed E-state index contributed by atoms with van der Waals surface area (Å²) in [5, 5.41) is 0. The van der Waals surface area contributed by atoms with Gasteiger partial charge < -0.3 is 14.2 Å². The number of para-hydroxylation sites is 1. The van der Waals surface area contributed by atoms with Crippen LogP contribution in [0.2, 0.25) is 0 Å². The maximum atomic E-state index is 12.9. The Bertz CT molecular complexity index is 830. The van der Waals surface area contributed by atoms with Gasteiger partial charge in [-0.05, 0) is 12.1 Å². The molecule has 31 heavy (non-hydrogen) atoms. The molecular weight excluding hydrogens is 466 g/mol. The van der Waals surface area contributed by atoms with Gasteiger partial charge in [-0.3, -0.25) is 0 Å². The average molecular weight is 474 g/mol. The summed E-state index contributed by atoms with van der Waals surface area (Å²) in [6.07, 6.45) is -12.6. The molecule has 0 aliphatic carbocycles. The molecule has 0 bridgehead atoms. The van der Waals surface area contributed by atoms with Crippen LogP contribution in [0, 0.1) is 0 Å². The van der Waals surface area contributed by atoms with Crippen molar-refractivity contribution in [3.05, 3.63) is 29.8 Å². The van der Waals surface area contributed by atoms with Gasteiger partial charge in [-0.1, -0.05) is 12.1 Å². The number of benzene rings is 1. The zero-order valence-electron chi connectivity index (χ0n) is 14.5. The number of carbonyl (C=O) groups is 3. The van der Waals surface area contributed by atoms with E-state index in [2.05, 4.69) is 14.2 Å². The number of carbonyl (C=O) groups excluding carboxylic acids is 3. The number of halogens is 10. The minimum absolute atomic E-state index is 0.630. The van der Waals surface area contributed by atoms with Crippen molar-refractivity contribution in [2.24, 2.45) is 0 Å². The van der Waals surface area contributed by atoms with E-state index >= 15 is 0 Å². The Labute approximate surface area is 164 Å². The molecule has 0 saturated carbocycles. The first kappa shape index (κ1) is 26.0. The van der Waals surface area contributed by atoms with Crippen molar-refractivity contribution in [3.8, 4) is 5.75 Å². The van der Waals surface area contributed by atoms with E-state index in [-0.39, 0.29) is 0 Å². The van der Waals surface area contributed by atoms with Crippen LogP contribution in [0.4, 0.5) is 43.9 Å². The Kier molecular flexibility index (Phi) is 7.51. The number of hydrogen-bond acceptors (Lipinski definition) is 6. The second kappa shape index (κ2) is 8.97. The minimum atomic E-state index is -6.30. The van der Waals surface area contributed by atoms with Crippen LogP contribution in [-0.2, 0) is 19.1 Å². The topological polar surface area (TPSA) is 78.9 Å². The second-order valence-corrected chi connectivity index (χ2v) is 5.30. The van der Waals surface area contributed by atoms with Crippen LogP contribution in [-0.4, -0.2) is 55.3 Å². The summed E-state index contributed by atoms with van der Waals surface area (Å²) >= 11 is 0. The fourth-order valence-electron chi connectivity index (χ4n) is 1.56. The standard InChI is InChI=1S/C15H8F10O6/c16-12(17,14(20,21)22)10(27)30-6-5-29-9(26)7-3-1-2-4-8(7)31-11(28)13(18,19)15(23,24)25/h1-4H,5-6H2. The lowest BCUT2D eigenvalue weighted by Crippen LogP contribution is -2.46. The predicted octanol–water partition coefficient (Wildman–Crippen LogP) is 3.69. The first-order valence-corrected chi connectivity index (χ1v) is 7.47. The molecule has 1 aromatic carbocycles. The zero-order valence-corrected chi connectivity index (χ0v) is 14.5. The van der Waals surface area contributed by atoms with Gasteiger partial charge in [0.2, 0.25) is 0 Å². The van der Waals surface area contributed by atoms with Crippen molar-refractivity contribution in [2.45, 2.75) is 24.2 Å². The van der Waals surface area contributed by atoms with Gasteiger partial charge in [-0.2, -0.15) is 43.9 Å². The van der Waals surface area contributed by atoms with Gasteiger partial charge in [0.1, 0.15) is 24.5 Å². The smallest absolute Gasteiger partial charge is 0.458 e. The van der Waals surface area contributed by atoms with E-state index in [1.54, 1.807) is 0 Å². The highest BCUT2D eigenvalue weighted by Gasteiger charge is 2.65. The van der Waals surface area contributed by atoms with Crippen molar-refractivity contribution in [2.75, 3.05) is 13.2 Å². The molecule has 0 N–H and O–H groups in total. The van der Waals surface area contributed by atoms with E-state index in [1.165, 1.54) is 0 Å². The highest BCUT2D eigenvalue weighted by Crippen LogP contribution is 2.37. The first-order valence-electron chi connectivity index (χ1n) is 7.47. The molecule has 6 nitrogen and oxygen atoms in total. The monoisotopic (exact) mass is 474 g/mol. The lowest BCUT2D eigenvalue weighted by molar-refractivity contribution is -0.280. The molecule has 0 saturated heterocycles. The third-order valence-electron chi connectivity index (χ3n) is 3.08. The average Bonchev–Trinajstić information content (AvgIpc) is 2.63. The summed E-state index contributed by atoms with van der Waals surface area (Å²) in [5.74, 6) is -20.5. The van der Waals surface area contributed by atoms with Crippen LogP contribution in [0.1, 0.15) is 10.4 Å². The fraction of sp³-hybridized carbons (Fsp3) is 0.400. The van der Waals surface area contributed by atoms with Gasteiger partial charge in [0.05, 0.1) is 0 Å². The SMILES string of the molecule is O=C(OCCOC(=O)C(F)(F)C(F)(F)F)c1ccccc1OC(=O)C(F)(F)C(F)(F)F. The molecule has 0 aromatic heterocycles.